The zero-order valence-corrected chi connectivity index (χ0v) is 17.7. The van der Waals surface area contributed by atoms with Gasteiger partial charge in [0, 0.05) is 12.1 Å². The smallest absolute Gasteiger partial charge is 0.407 e. The van der Waals surface area contributed by atoms with Crippen LogP contribution in [0, 0.1) is 17.2 Å². The Kier molecular flexibility index (Phi) is 4.81. The molecule has 0 radical (unpaired) electrons. The minimum Gasteiger partial charge on any atom is -0.445 e. The van der Waals surface area contributed by atoms with Gasteiger partial charge < -0.3 is 10.1 Å². The molecule has 6 rings (SSSR count). The molecule has 1 amide bonds. The summed E-state index contributed by atoms with van der Waals surface area (Å²) in [4.78, 5) is 15.2. The van der Waals surface area contributed by atoms with Gasteiger partial charge in [-0.3, -0.25) is 4.90 Å². The van der Waals surface area contributed by atoms with Crippen LogP contribution in [-0.4, -0.2) is 36.7 Å². The summed E-state index contributed by atoms with van der Waals surface area (Å²) in [7, 11) is 0. The van der Waals surface area contributed by atoms with E-state index in [1.807, 2.05) is 18.2 Å². The minimum atomic E-state index is -0.337. The molecule has 3 fully saturated rings. The molecule has 1 N–H and O–H groups in total. The Balaban J connectivity index is 1.37. The average molecular weight is 409 g/mol. The number of benzene rings is 2. The van der Waals surface area contributed by atoms with E-state index in [1.54, 1.807) is 12.1 Å². The molecule has 30 heavy (non-hydrogen) atoms. The lowest BCUT2D eigenvalue weighted by molar-refractivity contribution is -0.0348. The van der Waals surface area contributed by atoms with E-state index in [0.29, 0.717) is 11.5 Å². The Morgan fingerprint density at radius 2 is 1.93 bits per heavy atom. The molecule has 4 aliphatic rings. The lowest BCUT2D eigenvalue weighted by Gasteiger charge is -2.44. The van der Waals surface area contributed by atoms with Crippen LogP contribution in [0.4, 0.5) is 9.18 Å². The molecule has 0 aromatic heterocycles. The highest BCUT2D eigenvalue weighted by molar-refractivity contribution is 5.70. The second-order valence-corrected chi connectivity index (χ2v) is 9.72. The van der Waals surface area contributed by atoms with Gasteiger partial charge in [0.15, 0.2) is 0 Å². The number of piperidine rings is 3. The van der Waals surface area contributed by atoms with Crippen molar-refractivity contribution in [3.05, 3.63) is 59.4 Å². The first-order valence-corrected chi connectivity index (χ1v) is 11.0. The van der Waals surface area contributed by atoms with Crippen LogP contribution < -0.4 is 5.32 Å². The maximum Gasteiger partial charge on any atom is 0.407 e. The lowest BCUT2D eigenvalue weighted by atomic mass is 9.85. The first kappa shape index (κ1) is 19.6. The van der Waals surface area contributed by atoms with Crippen molar-refractivity contribution in [1.29, 1.82) is 0 Å². The van der Waals surface area contributed by atoms with Crippen molar-refractivity contribution in [1.82, 2.24) is 10.2 Å². The monoisotopic (exact) mass is 408 g/mol. The van der Waals surface area contributed by atoms with E-state index in [-0.39, 0.29) is 29.5 Å². The quantitative estimate of drug-likeness (QED) is 0.782. The molecule has 0 saturated carbocycles. The van der Waals surface area contributed by atoms with Crippen LogP contribution in [0.25, 0.3) is 11.1 Å². The Hall–Kier alpha value is -2.40. The molecule has 158 valence electrons. The van der Waals surface area contributed by atoms with Gasteiger partial charge >= 0.3 is 6.09 Å². The molecule has 3 aliphatic heterocycles. The molecule has 4 nitrogen and oxygen atoms in total. The summed E-state index contributed by atoms with van der Waals surface area (Å²) in [5.41, 5.74) is 3.55. The van der Waals surface area contributed by atoms with Crippen LogP contribution in [0.3, 0.4) is 0 Å². The molecule has 3 saturated heterocycles. The van der Waals surface area contributed by atoms with Gasteiger partial charge in [0.1, 0.15) is 11.9 Å². The van der Waals surface area contributed by atoms with Gasteiger partial charge in [0.25, 0.3) is 0 Å². The fourth-order valence-electron chi connectivity index (χ4n) is 5.51. The first-order chi connectivity index (χ1) is 14.4. The zero-order chi connectivity index (χ0) is 20.9. The van der Waals surface area contributed by atoms with Crippen LogP contribution in [0.2, 0.25) is 0 Å². The number of nitrogens with zero attached hydrogens (tertiary/aromatic N) is 1. The van der Waals surface area contributed by atoms with Crippen molar-refractivity contribution in [3.8, 4) is 11.1 Å². The zero-order valence-electron chi connectivity index (χ0n) is 17.7. The van der Waals surface area contributed by atoms with E-state index in [1.165, 1.54) is 11.6 Å². The molecular weight excluding hydrogens is 379 g/mol. The number of carbonyl (C=O) groups excluding carboxylic acids is 1. The summed E-state index contributed by atoms with van der Waals surface area (Å²) in [5, 5.41) is 3.15. The predicted octanol–water partition coefficient (Wildman–Crippen LogP) is 4.94. The van der Waals surface area contributed by atoms with Crippen LogP contribution >= 0.6 is 0 Å². The third kappa shape index (κ3) is 3.49. The molecule has 2 aromatic carbocycles. The van der Waals surface area contributed by atoms with Crippen LogP contribution in [-0.2, 0) is 11.2 Å². The number of nitrogens with one attached hydrogen (secondary N) is 1. The van der Waals surface area contributed by atoms with Gasteiger partial charge in [-0.2, -0.15) is 0 Å². The average Bonchev–Trinajstić information content (AvgIpc) is 2.98. The normalized spacial score (nSPS) is 28.8. The van der Waals surface area contributed by atoms with E-state index in [4.69, 9.17) is 4.74 Å². The fraction of sp³-hybridized carbons (Fsp3) is 0.480. The topological polar surface area (TPSA) is 41.6 Å². The van der Waals surface area contributed by atoms with Gasteiger partial charge in [0.2, 0.25) is 0 Å². The van der Waals surface area contributed by atoms with Crippen LogP contribution in [0.5, 0.6) is 0 Å². The highest BCUT2D eigenvalue weighted by Crippen LogP contribution is 2.46. The molecule has 5 heteroatoms. The van der Waals surface area contributed by atoms with E-state index in [2.05, 4.69) is 30.1 Å². The lowest BCUT2D eigenvalue weighted by Crippen LogP contribution is -2.53. The highest BCUT2D eigenvalue weighted by atomic mass is 19.1. The molecule has 1 aliphatic carbocycles. The number of halogens is 1. The second-order valence-electron chi connectivity index (χ2n) is 9.72. The molecule has 2 atom stereocenters. The van der Waals surface area contributed by atoms with Gasteiger partial charge in [-0.25, -0.2) is 9.18 Å². The molecule has 3 heterocycles. The predicted molar refractivity (Wildman–Crippen MR) is 115 cm³/mol. The van der Waals surface area contributed by atoms with Gasteiger partial charge in [0.05, 0.1) is 6.04 Å². The van der Waals surface area contributed by atoms with Crippen molar-refractivity contribution in [2.24, 2.45) is 11.3 Å². The Labute approximate surface area is 177 Å². The number of fused-ring (bicyclic) bond motifs is 4. The summed E-state index contributed by atoms with van der Waals surface area (Å²) < 4.78 is 20.2. The van der Waals surface area contributed by atoms with Crippen molar-refractivity contribution in [2.45, 2.75) is 45.3 Å². The highest BCUT2D eigenvalue weighted by Gasteiger charge is 2.42. The SMILES string of the molecule is CC1(C)Cc2ccc(-c3ccccc3F)cc2C1NC(=O)O[C@H]1CN2CCC1CC2. The number of carbonyl (C=O) groups is 1. The number of hydrogen-bond acceptors (Lipinski definition) is 3. The number of ether oxygens (including phenoxy) is 1. The van der Waals surface area contributed by atoms with E-state index < -0.39 is 0 Å². The van der Waals surface area contributed by atoms with Gasteiger partial charge in [-0.15, -0.1) is 0 Å². The number of hydrogen-bond donors (Lipinski definition) is 1. The van der Waals surface area contributed by atoms with Crippen molar-refractivity contribution < 1.29 is 13.9 Å². The molecule has 0 spiro atoms. The number of rotatable bonds is 3. The molecule has 2 aromatic rings. The number of amides is 1. The number of alkyl carbamates (subject to hydrolysis) is 1. The van der Waals surface area contributed by atoms with E-state index in [9.17, 15) is 9.18 Å². The molecular formula is C25H29FN2O2. The molecule has 2 bridgehead atoms. The molecule has 1 unspecified atom stereocenters. The van der Waals surface area contributed by atoms with Crippen molar-refractivity contribution in [3.63, 3.8) is 0 Å². The van der Waals surface area contributed by atoms with Crippen molar-refractivity contribution in [2.75, 3.05) is 19.6 Å². The standard InChI is InChI=1S/C25H29FN2O2/c1-25(2)14-18-8-7-17(19-5-3-4-6-21(19)26)13-20(18)23(25)27-24(29)30-22-15-28-11-9-16(22)10-12-28/h3-8,13,16,22-23H,9-12,14-15H2,1-2H3,(H,27,29)/t22-,23?/m0/s1. The van der Waals surface area contributed by atoms with E-state index >= 15 is 0 Å². The summed E-state index contributed by atoms with van der Waals surface area (Å²) in [6, 6.07) is 12.7. The third-order valence-corrected chi connectivity index (χ3v) is 7.19. The Morgan fingerprint density at radius 1 is 1.17 bits per heavy atom. The summed E-state index contributed by atoms with van der Waals surface area (Å²) in [5.74, 6) is 0.248. The maximum absolute atomic E-state index is 14.3. The van der Waals surface area contributed by atoms with Gasteiger partial charge in [-0.1, -0.05) is 44.2 Å². The van der Waals surface area contributed by atoms with Crippen LogP contribution in [0.15, 0.2) is 42.5 Å². The summed E-state index contributed by atoms with van der Waals surface area (Å²) in [6.07, 6.45) is 2.74. The second kappa shape index (κ2) is 7.38. The Morgan fingerprint density at radius 3 is 2.63 bits per heavy atom. The van der Waals surface area contributed by atoms with Gasteiger partial charge in [-0.05, 0) is 72.5 Å². The van der Waals surface area contributed by atoms with Crippen LogP contribution in [0.1, 0.15) is 43.9 Å². The Bertz CT molecular complexity index is 965. The largest absolute Gasteiger partial charge is 0.445 e. The fourth-order valence-corrected chi connectivity index (χ4v) is 5.51. The maximum atomic E-state index is 14.3. The third-order valence-electron chi connectivity index (χ3n) is 7.19. The van der Waals surface area contributed by atoms with Crippen molar-refractivity contribution >= 4 is 6.09 Å². The summed E-state index contributed by atoms with van der Waals surface area (Å²) in [6.45, 7) is 7.41. The van der Waals surface area contributed by atoms with E-state index in [0.717, 1.165) is 50.0 Å². The minimum absolute atomic E-state index is 0.0127. The summed E-state index contributed by atoms with van der Waals surface area (Å²) >= 11 is 0. The first-order valence-electron chi connectivity index (χ1n) is 11.0.